The molecule has 0 atom stereocenters. The lowest BCUT2D eigenvalue weighted by atomic mass is 10.3. The number of hydrogen-bond donors (Lipinski definition) is 0. The highest BCUT2D eigenvalue weighted by molar-refractivity contribution is 6.29. The van der Waals surface area contributed by atoms with Crippen molar-refractivity contribution in [2.24, 2.45) is 0 Å². The van der Waals surface area contributed by atoms with Crippen molar-refractivity contribution in [3.63, 3.8) is 0 Å². The number of aromatic nitrogens is 4. The largest absolute Gasteiger partial charge is 0.548 e. The molecule has 1 aromatic carbocycles. The zero-order chi connectivity index (χ0) is 15.0. The Bertz CT molecular complexity index is 900. The van der Waals surface area contributed by atoms with Gasteiger partial charge in [-0.2, -0.15) is 0 Å². The molecule has 0 bridgehead atoms. The minimum absolute atomic E-state index is 0.184. The fraction of sp³-hybridized carbons (Fsp3) is 0.0769. The number of hydrogen-bond acceptors (Lipinski definition) is 5. The Morgan fingerprint density at radius 1 is 1.24 bits per heavy atom. The van der Waals surface area contributed by atoms with Gasteiger partial charge in [-0.15, -0.1) is 0 Å². The van der Waals surface area contributed by atoms with Gasteiger partial charge in [-0.1, -0.05) is 23.7 Å². The molecule has 0 N–H and O–H groups in total. The maximum Gasteiger partial charge on any atom is 0.335 e. The smallest absolute Gasteiger partial charge is 0.335 e. The number of halogens is 1. The average molecular weight is 304 g/mol. The van der Waals surface area contributed by atoms with E-state index in [9.17, 15) is 14.7 Å². The number of carbonyl (C=O) groups is 1. The summed E-state index contributed by atoms with van der Waals surface area (Å²) in [4.78, 5) is 31.1. The molecule has 0 saturated heterocycles. The molecule has 3 aromatic rings. The summed E-state index contributed by atoms with van der Waals surface area (Å²) in [5.41, 5.74) is 0.468. The van der Waals surface area contributed by atoms with Crippen LogP contribution in [0.1, 0.15) is 0 Å². The highest BCUT2D eigenvalue weighted by Crippen LogP contribution is 2.17. The Labute approximate surface area is 123 Å². The normalized spacial score (nSPS) is 10.9. The van der Waals surface area contributed by atoms with E-state index in [1.54, 1.807) is 24.3 Å². The number of rotatable bonds is 3. The number of imidazole rings is 1. The van der Waals surface area contributed by atoms with E-state index in [0.29, 0.717) is 11.0 Å². The fourth-order valence-corrected chi connectivity index (χ4v) is 2.30. The van der Waals surface area contributed by atoms with E-state index in [1.165, 1.54) is 17.0 Å². The summed E-state index contributed by atoms with van der Waals surface area (Å²) in [5, 5.41) is 11.0. The monoisotopic (exact) mass is 303 g/mol. The molecule has 3 rings (SSSR count). The number of carboxylic acids is 1. The van der Waals surface area contributed by atoms with Crippen molar-refractivity contribution in [2.75, 3.05) is 0 Å². The molecule has 0 aliphatic carbocycles. The molecular weight excluding hydrogens is 296 g/mol. The van der Waals surface area contributed by atoms with Crippen molar-refractivity contribution in [3.8, 4) is 5.82 Å². The first-order valence-electron chi connectivity index (χ1n) is 5.96. The summed E-state index contributed by atoms with van der Waals surface area (Å²) in [7, 11) is 0. The molecule has 0 radical (unpaired) electrons. The standard InChI is InChI=1S/C13H9ClN4O3/c14-10-5-11(16-7-15-10)18-9-4-2-1-3-8(9)17(13(18)21)6-12(19)20/h1-5,7H,6H2,(H,19,20)/p-1. The SMILES string of the molecule is O=C([O-])Cn1c(=O)n(-c2cc(Cl)ncn2)c2ccccc21. The summed E-state index contributed by atoms with van der Waals surface area (Å²) in [6, 6.07) is 8.23. The van der Waals surface area contributed by atoms with Crippen molar-refractivity contribution < 1.29 is 9.90 Å². The third-order valence-corrected chi connectivity index (χ3v) is 3.18. The van der Waals surface area contributed by atoms with Crippen molar-refractivity contribution in [3.05, 3.63) is 52.3 Å². The zero-order valence-electron chi connectivity index (χ0n) is 10.6. The number of aliphatic carboxylic acids is 1. The van der Waals surface area contributed by atoms with Gasteiger partial charge in [0.2, 0.25) is 0 Å². The maximum atomic E-state index is 12.5. The summed E-state index contributed by atoms with van der Waals surface area (Å²) in [6.07, 6.45) is 1.23. The maximum absolute atomic E-state index is 12.5. The van der Waals surface area contributed by atoms with Crippen molar-refractivity contribution in [2.45, 2.75) is 6.54 Å². The van der Waals surface area contributed by atoms with Crippen LogP contribution in [0.5, 0.6) is 0 Å². The second-order valence-electron chi connectivity index (χ2n) is 4.26. The predicted molar refractivity (Wildman–Crippen MR) is 73.1 cm³/mol. The van der Waals surface area contributed by atoms with E-state index >= 15 is 0 Å². The number of fused-ring (bicyclic) bond motifs is 1. The van der Waals surface area contributed by atoms with Crippen LogP contribution in [-0.4, -0.2) is 25.1 Å². The lowest BCUT2D eigenvalue weighted by Crippen LogP contribution is -2.33. The molecule has 0 unspecified atom stereocenters. The first-order valence-corrected chi connectivity index (χ1v) is 6.34. The van der Waals surface area contributed by atoms with Crippen LogP contribution in [0.4, 0.5) is 0 Å². The lowest BCUT2D eigenvalue weighted by Gasteiger charge is -2.03. The van der Waals surface area contributed by atoms with Gasteiger partial charge < -0.3 is 9.90 Å². The summed E-state index contributed by atoms with van der Waals surface area (Å²) in [5.74, 6) is -1.07. The third-order valence-electron chi connectivity index (χ3n) is 2.97. The van der Waals surface area contributed by atoms with E-state index < -0.39 is 18.2 Å². The summed E-state index contributed by atoms with van der Waals surface area (Å²) in [6.45, 7) is -0.537. The molecule has 0 fully saturated rings. The van der Waals surface area contributed by atoms with Gasteiger partial charge in [-0.3, -0.25) is 4.57 Å². The molecule has 0 amide bonds. The molecule has 0 saturated carbocycles. The van der Waals surface area contributed by atoms with E-state index in [1.807, 2.05) is 0 Å². The van der Waals surface area contributed by atoms with Crippen LogP contribution in [0.2, 0.25) is 5.15 Å². The van der Waals surface area contributed by atoms with E-state index in [0.717, 1.165) is 4.57 Å². The van der Waals surface area contributed by atoms with Crippen molar-refractivity contribution in [1.29, 1.82) is 0 Å². The van der Waals surface area contributed by atoms with Crippen molar-refractivity contribution in [1.82, 2.24) is 19.1 Å². The molecule has 0 aliphatic rings. The molecule has 2 aromatic heterocycles. The van der Waals surface area contributed by atoms with Gasteiger partial charge in [0.05, 0.1) is 23.5 Å². The molecule has 0 spiro atoms. The fourth-order valence-electron chi connectivity index (χ4n) is 2.16. The second-order valence-corrected chi connectivity index (χ2v) is 4.65. The summed E-state index contributed by atoms with van der Waals surface area (Å²) < 4.78 is 2.40. The first-order chi connectivity index (χ1) is 10.1. The van der Waals surface area contributed by atoms with Gasteiger partial charge in [0.15, 0.2) is 0 Å². The number of benzene rings is 1. The predicted octanol–water partition coefficient (Wildman–Crippen LogP) is -0.0145. The third kappa shape index (κ3) is 2.27. The molecule has 0 aliphatic heterocycles. The number of nitrogens with zero attached hydrogens (tertiary/aromatic N) is 4. The molecular formula is C13H8ClN4O3-. The van der Waals surface area contributed by atoms with E-state index in [-0.39, 0.29) is 11.0 Å². The minimum Gasteiger partial charge on any atom is -0.548 e. The molecule has 21 heavy (non-hydrogen) atoms. The van der Waals surface area contributed by atoms with Gasteiger partial charge in [0, 0.05) is 6.07 Å². The Kier molecular flexibility index (Phi) is 3.19. The number of carboxylic acid groups (broad SMARTS) is 1. The van der Waals surface area contributed by atoms with Crippen LogP contribution < -0.4 is 10.8 Å². The Balaban J connectivity index is 2.35. The molecule has 2 heterocycles. The van der Waals surface area contributed by atoms with Crippen LogP contribution in [0.3, 0.4) is 0 Å². The summed E-state index contributed by atoms with van der Waals surface area (Å²) >= 11 is 5.81. The minimum atomic E-state index is -1.35. The quantitative estimate of drug-likeness (QED) is 0.634. The van der Waals surface area contributed by atoms with Crippen LogP contribution in [0, 0.1) is 0 Å². The van der Waals surface area contributed by atoms with Gasteiger partial charge >= 0.3 is 5.69 Å². The Morgan fingerprint density at radius 3 is 2.62 bits per heavy atom. The highest BCUT2D eigenvalue weighted by Gasteiger charge is 2.15. The van der Waals surface area contributed by atoms with Gasteiger partial charge in [-0.25, -0.2) is 19.3 Å². The van der Waals surface area contributed by atoms with Gasteiger partial charge in [-0.05, 0) is 12.1 Å². The van der Waals surface area contributed by atoms with Gasteiger partial charge in [0.1, 0.15) is 17.3 Å². The highest BCUT2D eigenvalue weighted by atomic mass is 35.5. The number of carbonyl (C=O) groups excluding carboxylic acids is 1. The van der Waals surface area contributed by atoms with Gasteiger partial charge in [0.25, 0.3) is 0 Å². The Morgan fingerprint density at radius 2 is 1.95 bits per heavy atom. The van der Waals surface area contributed by atoms with E-state index in [2.05, 4.69) is 9.97 Å². The van der Waals surface area contributed by atoms with Crippen molar-refractivity contribution >= 4 is 28.6 Å². The van der Waals surface area contributed by atoms with Crippen LogP contribution in [0.25, 0.3) is 16.9 Å². The van der Waals surface area contributed by atoms with E-state index in [4.69, 9.17) is 11.6 Å². The Hall–Kier alpha value is -2.67. The molecule has 8 heteroatoms. The molecule has 106 valence electrons. The van der Waals surface area contributed by atoms with Crippen LogP contribution in [-0.2, 0) is 11.3 Å². The zero-order valence-corrected chi connectivity index (χ0v) is 11.3. The lowest BCUT2D eigenvalue weighted by molar-refractivity contribution is -0.306. The number of para-hydroxylation sites is 2. The average Bonchev–Trinajstić information content (AvgIpc) is 2.71. The second kappa shape index (κ2) is 5.02. The topological polar surface area (TPSA) is 92.8 Å². The molecule has 7 nitrogen and oxygen atoms in total. The van der Waals surface area contributed by atoms with Crippen LogP contribution >= 0.6 is 11.6 Å². The van der Waals surface area contributed by atoms with Crippen LogP contribution in [0.15, 0.2) is 41.5 Å². The first kappa shape index (κ1) is 13.3.